The first-order valence-electron chi connectivity index (χ1n) is 1.11. The standard InChI is InChI=1S/C2H3BO2.CH.Y/c1-5-2(3)4;;/h1H3;1H;/q;-1;. The van der Waals surface area contributed by atoms with Crippen LogP contribution in [0.15, 0.2) is 0 Å². The maximum atomic E-state index is 9.37. The molecule has 2 nitrogen and oxygen atoms in total. The summed E-state index contributed by atoms with van der Waals surface area (Å²) in [4.78, 5) is 9.37. The van der Waals surface area contributed by atoms with Gasteiger partial charge in [-0.1, -0.05) is 0 Å². The fraction of sp³-hybridized carbons (Fsp3) is 0.333. The Morgan fingerprint density at radius 1 is 1.71 bits per heavy atom. The minimum Gasteiger partial charge on any atom is -0.726 e. The Hall–Kier alpha value is 0.639. The second kappa shape index (κ2) is 9.81. The molecule has 0 unspecified atom stereocenters. The SMILES string of the molecule is [B]C(=O)OC.[CH-].[Y]. The first-order valence-corrected chi connectivity index (χ1v) is 1.11. The molecule has 0 fully saturated rings. The maximum Gasteiger partial charge on any atom is 0.235 e. The molecule has 0 aliphatic heterocycles. The van der Waals surface area contributed by atoms with E-state index < -0.39 is 5.87 Å². The van der Waals surface area contributed by atoms with Crippen molar-refractivity contribution in [3.63, 3.8) is 0 Å². The third-order valence-corrected chi connectivity index (χ3v) is 0.201. The van der Waals surface area contributed by atoms with Crippen LogP contribution in [0.5, 0.6) is 0 Å². The van der Waals surface area contributed by atoms with Crippen molar-refractivity contribution in [3.05, 3.63) is 7.43 Å². The van der Waals surface area contributed by atoms with E-state index in [1.54, 1.807) is 0 Å². The van der Waals surface area contributed by atoms with Gasteiger partial charge < -0.3 is 12.2 Å². The molecular formula is C3H4BO2Y-. The minimum atomic E-state index is -0.745. The zero-order valence-electron chi connectivity index (χ0n) is 4.05. The van der Waals surface area contributed by atoms with E-state index in [1.807, 2.05) is 0 Å². The van der Waals surface area contributed by atoms with Crippen molar-refractivity contribution in [1.82, 2.24) is 0 Å². The van der Waals surface area contributed by atoms with Gasteiger partial charge in [-0.3, -0.25) is 4.79 Å². The summed E-state index contributed by atoms with van der Waals surface area (Å²) in [6.07, 6.45) is 0. The van der Waals surface area contributed by atoms with Crippen molar-refractivity contribution >= 4 is 13.7 Å². The Morgan fingerprint density at radius 2 is 1.86 bits per heavy atom. The second-order valence-corrected chi connectivity index (χ2v) is 0.523. The molecule has 0 spiro atoms. The van der Waals surface area contributed by atoms with Crippen molar-refractivity contribution in [3.8, 4) is 0 Å². The van der Waals surface area contributed by atoms with Crippen LogP contribution in [-0.4, -0.2) is 20.8 Å². The van der Waals surface area contributed by atoms with Crippen LogP contribution in [0.1, 0.15) is 0 Å². The predicted octanol–water partition coefficient (Wildman–Crippen LogP) is 0.123. The fourth-order valence-corrected chi connectivity index (χ4v) is 0. The molecule has 0 aromatic carbocycles. The summed E-state index contributed by atoms with van der Waals surface area (Å²) in [6, 6.07) is 0. The number of rotatable bonds is 0. The molecule has 0 aromatic heterocycles. The Labute approximate surface area is 70.3 Å². The molecule has 0 atom stereocenters. The second-order valence-electron chi connectivity index (χ2n) is 0.523. The van der Waals surface area contributed by atoms with Crippen LogP contribution in [0.3, 0.4) is 0 Å². The molecule has 5 radical (unpaired) electrons. The summed E-state index contributed by atoms with van der Waals surface area (Å²) >= 11 is 0. The molecule has 7 heavy (non-hydrogen) atoms. The van der Waals surface area contributed by atoms with Crippen molar-refractivity contribution in [2.75, 3.05) is 7.11 Å². The maximum absolute atomic E-state index is 9.37. The van der Waals surface area contributed by atoms with Crippen LogP contribution in [0, 0.1) is 7.43 Å². The van der Waals surface area contributed by atoms with Crippen LogP contribution in [0.25, 0.3) is 0 Å². The van der Waals surface area contributed by atoms with Gasteiger partial charge in [-0.05, 0) is 0 Å². The molecule has 0 bridgehead atoms. The van der Waals surface area contributed by atoms with Gasteiger partial charge >= 0.3 is 0 Å². The van der Waals surface area contributed by atoms with Crippen LogP contribution in [-0.2, 0) is 37.4 Å². The van der Waals surface area contributed by atoms with Crippen LogP contribution in [0.2, 0.25) is 0 Å². The Bertz CT molecular complexity index is 48.2. The molecule has 0 saturated heterocycles. The Morgan fingerprint density at radius 3 is 1.86 bits per heavy atom. The summed E-state index contributed by atoms with van der Waals surface area (Å²) in [7, 11) is 5.66. The number of methoxy groups -OCH3 is 1. The van der Waals surface area contributed by atoms with Gasteiger partial charge in [0.05, 0.1) is 7.11 Å². The van der Waals surface area contributed by atoms with Crippen molar-refractivity contribution in [1.29, 1.82) is 0 Å². The van der Waals surface area contributed by atoms with Gasteiger partial charge in [0, 0.05) is 32.7 Å². The quantitative estimate of drug-likeness (QED) is 0.383. The van der Waals surface area contributed by atoms with E-state index >= 15 is 0 Å². The smallest absolute Gasteiger partial charge is 0.235 e. The van der Waals surface area contributed by atoms with Gasteiger partial charge in [0.1, 0.15) is 0 Å². The molecule has 0 aromatic rings. The summed E-state index contributed by atoms with van der Waals surface area (Å²) in [5.74, 6) is -0.745. The molecule has 0 aliphatic rings. The van der Waals surface area contributed by atoms with Crippen molar-refractivity contribution in [2.45, 2.75) is 0 Å². The zero-order valence-corrected chi connectivity index (χ0v) is 6.89. The van der Waals surface area contributed by atoms with E-state index in [1.165, 1.54) is 7.11 Å². The van der Waals surface area contributed by atoms with E-state index in [0.29, 0.717) is 0 Å². The average Bonchev–Trinajstić information content (AvgIpc) is 1.38. The molecule has 0 rings (SSSR count). The monoisotopic (exact) mass is 172 g/mol. The van der Waals surface area contributed by atoms with Crippen LogP contribution >= 0.6 is 0 Å². The molecule has 0 N–H and O–H groups in total. The zero-order chi connectivity index (χ0) is 4.28. The molecule has 0 saturated carbocycles. The average molecular weight is 172 g/mol. The molecule has 4 heteroatoms. The van der Waals surface area contributed by atoms with E-state index in [4.69, 9.17) is 0 Å². The van der Waals surface area contributed by atoms with Crippen molar-refractivity contribution < 1.29 is 42.2 Å². The number of ether oxygens (including phenoxy) is 1. The molecule has 0 aliphatic carbocycles. The van der Waals surface area contributed by atoms with E-state index in [2.05, 4.69) is 12.6 Å². The number of hydrogen-bond donors (Lipinski definition) is 0. The molecule has 0 amide bonds. The van der Waals surface area contributed by atoms with E-state index in [-0.39, 0.29) is 40.1 Å². The van der Waals surface area contributed by atoms with Gasteiger partial charge in [0.2, 0.25) is 13.7 Å². The minimum absolute atomic E-state index is 0. The molecular weight excluding hydrogens is 168 g/mol. The molecule has 35 valence electrons. The van der Waals surface area contributed by atoms with Gasteiger partial charge in [-0.2, -0.15) is 0 Å². The number of hydrogen-bond acceptors (Lipinski definition) is 2. The third-order valence-electron chi connectivity index (χ3n) is 0.201. The third kappa shape index (κ3) is 20.5. The topological polar surface area (TPSA) is 26.3 Å². The van der Waals surface area contributed by atoms with Gasteiger partial charge in [0.15, 0.2) is 0 Å². The summed E-state index contributed by atoms with van der Waals surface area (Å²) in [6.45, 7) is 0. The van der Waals surface area contributed by atoms with E-state index in [0.717, 1.165) is 0 Å². The fourth-order valence-electron chi connectivity index (χ4n) is 0. The Kier molecular flexibility index (Phi) is 21.9. The Balaban J connectivity index is -0.0000000800. The van der Waals surface area contributed by atoms with Crippen LogP contribution in [0.4, 0.5) is 4.79 Å². The first kappa shape index (κ1) is 15.6. The first-order chi connectivity index (χ1) is 2.27. The predicted molar refractivity (Wildman–Crippen MR) is 22.5 cm³/mol. The summed E-state index contributed by atoms with van der Waals surface area (Å²) in [5, 5.41) is 0. The normalized spacial score (nSPS) is 4.71. The number of carbonyl (C=O) groups is 1. The van der Waals surface area contributed by atoms with Gasteiger partial charge in [-0.25, -0.2) is 0 Å². The van der Waals surface area contributed by atoms with Crippen molar-refractivity contribution in [2.24, 2.45) is 0 Å². The van der Waals surface area contributed by atoms with E-state index in [9.17, 15) is 4.79 Å². The number of carbonyl (C=O) groups excluding carboxylic acids is 1. The van der Waals surface area contributed by atoms with Gasteiger partial charge in [0.25, 0.3) is 0 Å². The summed E-state index contributed by atoms with van der Waals surface area (Å²) < 4.78 is 3.89. The largest absolute Gasteiger partial charge is 0.726 e. The molecule has 0 heterocycles. The van der Waals surface area contributed by atoms with Crippen LogP contribution < -0.4 is 0 Å². The summed E-state index contributed by atoms with van der Waals surface area (Å²) in [5.41, 5.74) is 0. The van der Waals surface area contributed by atoms with Gasteiger partial charge in [-0.15, -0.1) is 0 Å².